The van der Waals surface area contributed by atoms with Crippen LogP contribution in [0.2, 0.25) is 0 Å². The van der Waals surface area contributed by atoms with Crippen LogP contribution < -0.4 is 0 Å². The fourth-order valence-electron chi connectivity index (χ4n) is 5.18. The van der Waals surface area contributed by atoms with Crippen LogP contribution in [0.1, 0.15) is 74.5 Å². The molecule has 1 aromatic rings. The highest BCUT2D eigenvalue weighted by atomic mass is 16.5. The van der Waals surface area contributed by atoms with E-state index in [4.69, 9.17) is 4.74 Å². The van der Waals surface area contributed by atoms with Crippen LogP contribution in [0.4, 0.5) is 0 Å². The lowest BCUT2D eigenvalue weighted by Crippen LogP contribution is -2.51. The standard InChI is InChI=1S/C23H35NO2/c1-5-6-7-8-13-24-19-11-12-21(24)22(23(25)26-4)20(15-19)18-10-9-16(2)17(3)14-18/h9-10,14,19-22H,5-8,11-13,15H2,1-4H3/t19-,20+,21+,22-/m0/s1. The first-order valence-corrected chi connectivity index (χ1v) is 10.5. The lowest BCUT2D eigenvalue weighted by Gasteiger charge is -2.44. The number of piperidine rings is 1. The average Bonchev–Trinajstić information content (AvgIpc) is 2.91. The number of methoxy groups -OCH3 is 1. The monoisotopic (exact) mass is 357 g/mol. The maximum Gasteiger partial charge on any atom is 0.310 e. The number of esters is 1. The van der Waals surface area contributed by atoms with Crippen LogP contribution >= 0.6 is 0 Å². The normalized spacial score (nSPS) is 28.3. The third-order valence-electron chi connectivity index (χ3n) is 6.77. The summed E-state index contributed by atoms with van der Waals surface area (Å²) >= 11 is 0. The number of hydrogen-bond acceptors (Lipinski definition) is 3. The number of fused-ring (bicyclic) bond motifs is 2. The second-order valence-electron chi connectivity index (χ2n) is 8.33. The van der Waals surface area contributed by atoms with E-state index in [1.165, 1.54) is 48.8 Å². The van der Waals surface area contributed by atoms with Crippen LogP contribution in [0.5, 0.6) is 0 Å². The summed E-state index contributed by atoms with van der Waals surface area (Å²) in [6, 6.07) is 7.73. The molecule has 3 heteroatoms. The molecule has 0 radical (unpaired) electrons. The number of nitrogens with zero attached hydrogens (tertiary/aromatic N) is 1. The van der Waals surface area contributed by atoms with Gasteiger partial charge in [-0.15, -0.1) is 0 Å². The molecule has 144 valence electrons. The summed E-state index contributed by atoms with van der Waals surface area (Å²) in [7, 11) is 1.55. The van der Waals surface area contributed by atoms with E-state index < -0.39 is 0 Å². The van der Waals surface area contributed by atoms with E-state index in [0.717, 1.165) is 19.4 Å². The van der Waals surface area contributed by atoms with E-state index in [2.05, 4.69) is 43.9 Å². The van der Waals surface area contributed by atoms with Crippen LogP contribution in [0, 0.1) is 19.8 Å². The average molecular weight is 358 g/mol. The summed E-state index contributed by atoms with van der Waals surface area (Å²) in [6.45, 7) is 7.72. The van der Waals surface area contributed by atoms with Crippen molar-refractivity contribution in [3.63, 3.8) is 0 Å². The zero-order chi connectivity index (χ0) is 18.7. The molecule has 0 saturated carbocycles. The molecule has 4 atom stereocenters. The van der Waals surface area contributed by atoms with Gasteiger partial charge in [0.05, 0.1) is 13.0 Å². The van der Waals surface area contributed by atoms with Crippen molar-refractivity contribution in [2.75, 3.05) is 13.7 Å². The molecule has 3 nitrogen and oxygen atoms in total. The maximum absolute atomic E-state index is 12.8. The number of hydrogen-bond donors (Lipinski definition) is 0. The van der Waals surface area contributed by atoms with E-state index in [0.29, 0.717) is 18.0 Å². The van der Waals surface area contributed by atoms with Crippen LogP contribution in [0.15, 0.2) is 18.2 Å². The second-order valence-corrected chi connectivity index (χ2v) is 8.33. The van der Waals surface area contributed by atoms with E-state index in [1.807, 2.05) is 0 Å². The second kappa shape index (κ2) is 8.56. The van der Waals surface area contributed by atoms with Gasteiger partial charge in [-0.05, 0) is 62.8 Å². The fourth-order valence-corrected chi connectivity index (χ4v) is 5.18. The zero-order valence-electron chi connectivity index (χ0n) is 17.0. The van der Waals surface area contributed by atoms with Gasteiger partial charge >= 0.3 is 5.97 Å². The minimum atomic E-state index is -0.0213. The topological polar surface area (TPSA) is 29.5 Å². The molecule has 26 heavy (non-hydrogen) atoms. The first-order chi connectivity index (χ1) is 12.6. The Labute approximate surface area is 159 Å². The number of ether oxygens (including phenoxy) is 1. The summed E-state index contributed by atoms with van der Waals surface area (Å²) in [5, 5.41) is 0. The number of aryl methyl sites for hydroxylation is 2. The molecule has 0 amide bonds. The van der Waals surface area contributed by atoms with Gasteiger partial charge in [-0.3, -0.25) is 9.69 Å². The number of rotatable bonds is 7. The molecular formula is C23H35NO2. The van der Waals surface area contributed by atoms with E-state index in [1.54, 1.807) is 7.11 Å². The Morgan fingerprint density at radius 2 is 1.96 bits per heavy atom. The van der Waals surface area contributed by atoms with Gasteiger partial charge in [-0.1, -0.05) is 44.4 Å². The molecule has 2 heterocycles. The molecule has 2 fully saturated rings. The minimum Gasteiger partial charge on any atom is -0.469 e. The Kier molecular flexibility index (Phi) is 6.39. The maximum atomic E-state index is 12.8. The highest BCUT2D eigenvalue weighted by Gasteiger charge is 2.50. The SMILES string of the molecule is CCCCCCN1[C@H]2CC[C@@H]1[C@@H](C(=O)OC)[C@@H](c1ccc(C)c(C)c1)C2. The Morgan fingerprint density at radius 1 is 1.15 bits per heavy atom. The lowest BCUT2D eigenvalue weighted by molar-refractivity contribution is -0.150. The summed E-state index contributed by atoms with van der Waals surface area (Å²) < 4.78 is 5.27. The van der Waals surface area contributed by atoms with Crippen LogP contribution in [-0.2, 0) is 9.53 Å². The Balaban J connectivity index is 1.82. The summed E-state index contributed by atoms with van der Waals surface area (Å²) in [5.41, 5.74) is 3.96. The number of unbranched alkanes of at least 4 members (excludes halogenated alkanes) is 3. The van der Waals surface area contributed by atoms with Gasteiger partial charge in [0.1, 0.15) is 0 Å². The molecule has 0 unspecified atom stereocenters. The summed E-state index contributed by atoms with van der Waals surface area (Å²) in [5.74, 6) is 0.260. The molecule has 2 aliphatic heterocycles. The Hall–Kier alpha value is -1.35. The van der Waals surface area contributed by atoms with Gasteiger partial charge in [-0.25, -0.2) is 0 Å². The van der Waals surface area contributed by atoms with Crippen LogP contribution in [-0.4, -0.2) is 36.6 Å². The van der Waals surface area contributed by atoms with Crippen molar-refractivity contribution in [2.45, 2.75) is 83.7 Å². The van der Waals surface area contributed by atoms with E-state index >= 15 is 0 Å². The Morgan fingerprint density at radius 3 is 2.65 bits per heavy atom. The zero-order valence-corrected chi connectivity index (χ0v) is 17.0. The fraction of sp³-hybridized carbons (Fsp3) is 0.696. The largest absolute Gasteiger partial charge is 0.469 e. The third-order valence-corrected chi connectivity index (χ3v) is 6.77. The highest BCUT2D eigenvalue weighted by molar-refractivity contribution is 5.75. The molecular weight excluding hydrogens is 322 g/mol. The van der Waals surface area contributed by atoms with Crippen molar-refractivity contribution < 1.29 is 9.53 Å². The van der Waals surface area contributed by atoms with E-state index in [9.17, 15) is 4.79 Å². The van der Waals surface area contributed by atoms with Crippen molar-refractivity contribution >= 4 is 5.97 Å². The van der Waals surface area contributed by atoms with Crippen LogP contribution in [0.3, 0.4) is 0 Å². The number of benzene rings is 1. The molecule has 2 aliphatic rings. The molecule has 0 N–H and O–H groups in total. The molecule has 2 bridgehead atoms. The van der Waals surface area contributed by atoms with Crippen molar-refractivity contribution in [1.29, 1.82) is 0 Å². The number of carbonyl (C=O) groups excluding carboxylic acids is 1. The molecule has 3 rings (SSSR count). The third kappa shape index (κ3) is 3.83. The van der Waals surface area contributed by atoms with Crippen molar-refractivity contribution in [3.8, 4) is 0 Å². The first-order valence-electron chi connectivity index (χ1n) is 10.5. The molecule has 0 aromatic heterocycles. The molecule has 1 aromatic carbocycles. The quantitative estimate of drug-likeness (QED) is 0.508. The predicted octanol–water partition coefficient (Wildman–Crippen LogP) is 4.99. The molecule has 0 spiro atoms. The van der Waals surface area contributed by atoms with Gasteiger partial charge in [0.15, 0.2) is 0 Å². The van der Waals surface area contributed by atoms with Crippen LogP contribution in [0.25, 0.3) is 0 Å². The van der Waals surface area contributed by atoms with Gasteiger partial charge in [-0.2, -0.15) is 0 Å². The van der Waals surface area contributed by atoms with Crippen molar-refractivity contribution in [2.24, 2.45) is 5.92 Å². The van der Waals surface area contributed by atoms with Gasteiger partial charge in [0.2, 0.25) is 0 Å². The van der Waals surface area contributed by atoms with Gasteiger partial charge in [0.25, 0.3) is 0 Å². The minimum absolute atomic E-state index is 0.0165. The number of carbonyl (C=O) groups is 1. The van der Waals surface area contributed by atoms with Gasteiger partial charge < -0.3 is 4.74 Å². The highest BCUT2D eigenvalue weighted by Crippen LogP contribution is 2.47. The van der Waals surface area contributed by atoms with Gasteiger partial charge in [0, 0.05) is 18.0 Å². The summed E-state index contributed by atoms with van der Waals surface area (Å²) in [4.78, 5) is 15.4. The van der Waals surface area contributed by atoms with Crippen molar-refractivity contribution in [1.82, 2.24) is 4.90 Å². The predicted molar refractivity (Wildman–Crippen MR) is 106 cm³/mol. The summed E-state index contributed by atoms with van der Waals surface area (Å²) in [6.07, 6.45) is 8.60. The van der Waals surface area contributed by atoms with Crippen molar-refractivity contribution in [3.05, 3.63) is 34.9 Å². The first kappa shape index (κ1) is 19.4. The Bertz CT molecular complexity index is 627. The molecule has 0 aliphatic carbocycles. The van der Waals surface area contributed by atoms with E-state index in [-0.39, 0.29) is 11.9 Å². The molecule has 2 saturated heterocycles. The lowest BCUT2D eigenvalue weighted by atomic mass is 9.75. The smallest absolute Gasteiger partial charge is 0.310 e.